The molecule has 0 radical (unpaired) electrons. The Labute approximate surface area is 159 Å². The molecule has 132 valence electrons. The standard InChI is InChI=1S/C20H18BrN3O2/c1-3-26-19(25)17-12(2)22-20-23-15-9-4-5-10-16(15)24(20)18(17)13-7-6-8-14(21)11-13/h4-11,18H,3H2,1-2H3,(H,22,23)/t18-/m1/s1. The van der Waals surface area contributed by atoms with E-state index in [1.807, 2.05) is 62.4 Å². The maximum atomic E-state index is 12.8. The van der Waals surface area contributed by atoms with Crippen molar-refractivity contribution in [2.24, 2.45) is 0 Å². The highest BCUT2D eigenvalue weighted by atomic mass is 79.9. The minimum atomic E-state index is -0.314. The summed E-state index contributed by atoms with van der Waals surface area (Å²) in [5.41, 5.74) is 4.20. The van der Waals surface area contributed by atoms with Crippen molar-refractivity contribution in [3.05, 3.63) is 69.8 Å². The van der Waals surface area contributed by atoms with Crippen molar-refractivity contribution in [3.8, 4) is 0 Å². The maximum Gasteiger partial charge on any atom is 0.338 e. The number of nitrogens with one attached hydrogen (secondary N) is 1. The molecule has 1 aliphatic rings. The van der Waals surface area contributed by atoms with Gasteiger partial charge in [-0.15, -0.1) is 0 Å². The second kappa shape index (κ2) is 6.61. The molecule has 0 aliphatic carbocycles. The SMILES string of the molecule is CCOC(=O)C1=C(C)Nc2nc3ccccc3n2[C@@H]1c1cccc(Br)c1. The molecule has 3 aromatic rings. The van der Waals surface area contributed by atoms with Gasteiger partial charge < -0.3 is 10.1 Å². The Bertz CT molecular complexity index is 1040. The lowest BCUT2D eigenvalue weighted by Crippen LogP contribution is -2.29. The number of hydrogen-bond acceptors (Lipinski definition) is 4. The van der Waals surface area contributed by atoms with Gasteiger partial charge in [0, 0.05) is 10.2 Å². The van der Waals surface area contributed by atoms with Crippen molar-refractivity contribution < 1.29 is 9.53 Å². The first-order valence-electron chi connectivity index (χ1n) is 8.47. The van der Waals surface area contributed by atoms with Gasteiger partial charge in [-0.25, -0.2) is 9.78 Å². The maximum absolute atomic E-state index is 12.8. The fraction of sp³-hybridized carbons (Fsp3) is 0.200. The van der Waals surface area contributed by atoms with Crippen molar-refractivity contribution in [3.63, 3.8) is 0 Å². The van der Waals surface area contributed by atoms with E-state index in [1.54, 1.807) is 0 Å². The number of anilines is 1. The van der Waals surface area contributed by atoms with Crippen molar-refractivity contribution >= 4 is 38.9 Å². The lowest BCUT2D eigenvalue weighted by molar-refractivity contribution is -0.139. The molecule has 0 amide bonds. The number of aromatic nitrogens is 2. The first-order chi connectivity index (χ1) is 12.6. The minimum Gasteiger partial charge on any atom is -0.463 e. The van der Waals surface area contributed by atoms with E-state index in [0.29, 0.717) is 12.2 Å². The Morgan fingerprint density at radius 2 is 2.08 bits per heavy atom. The van der Waals surface area contributed by atoms with E-state index in [2.05, 4.69) is 25.8 Å². The second-order valence-electron chi connectivity index (χ2n) is 6.14. The van der Waals surface area contributed by atoms with Crippen molar-refractivity contribution in [1.29, 1.82) is 0 Å². The summed E-state index contributed by atoms with van der Waals surface area (Å²) < 4.78 is 8.38. The average Bonchev–Trinajstić information content (AvgIpc) is 2.98. The Hall–Kier alpha value is -2.60. The van der Waals surface area contributed by atoms with Crippen LogP contribution >= 0.6 is 15.9 Å². The third-order valence-electron chi connectivity index (χ3n) is 4.49. The number of allylic oxidation sites excluding steroid dienone is 1. The van der Waals surface area contributed by atoms with Gasteiger partial charge in [-0.2, -0.15) is 0 Å². The van der Waals surface area contributed by atoms with Crippen LogP contribution in [-0.4, -0.2) is 22.1 Å². The normalized spacial score (nSPS) is 16.3. The van der Waals surface area contributed by atoms with Crippen LogP contribution in [0.1, 0.15) is 25.5 Å². The van der Waals surface area contributed by atoms with Crippen LogP contribution in [-0.2, 0) is 9.53 Å². The van der Waals surface area contributed by atoms with Gasteiger partial charge in [-0.05, 0) is 43.7 Å². The highest BCUT2D eigenvalue weighted by Crippen LogP contribution is 2.39. The molecule has 1 N–H and O–H groups in total. The smallest absolute Gasteiger partial charge is 0.338 e. The average molecular weight is 412 g/mol. The molecule has 2 aromatic carbocycles. The molecule has 1 atom stereocenters. The van der Waals surface area contributed by atoms with Crippen LogP contribution in [0.5, 0.6) is 0 Å². The van der Waals surface area contributed by atoms with Gasteiger partial charge in [0.1, 0.15) is 0 Å². The third-order valence-corrected chi connectivity index (χ3v) is 4.98. The van der Waals surface area contributed by atoms with Crippen LogP contribution in [0.3, 0.4) is 0 Å². The van der Waals surface area contributed by atoms with Crippen molar-refractivity contribution in [1.82, 2.24) is 9.55 Å². The topological polar surface area (TPSA) is 56.1 Å². The summed E-state index contributed by atoms with van der Waals surface area (Å²) >= 11 is 3.54. The highest BCUT2D eigenvalue weighted by molar-refractivity contribution is 9.10. The summed E-state index contributed by atoms with van der Waals surface area (Å²) in [6, 6.07) is 15.6. The molecule has 0 saturated heterocycles. The lowest BCUT2D eigenvalue weighted by atomic mass is 9.95. The van der Waals surface area contributed by atoms with Crippen LogP contribution in [0.25, 0.3) is 11.0 Å². The van der Waals surface area contributed by atoms with Crippen LogP contribution < -0.4 is 5.32 Å². The Morgan fingerprint density at radius 3 is 2.85 bits per heavy atom. The minimum absolute atomic E-state index is 0.310. The Balaban J connectivity index is 1.99. The number of imidazole rings is 1. The summed E-state index contributed by atoms with van der Waals surface area (Å²) in [5.74, 6) is 0.410. The van der Waals surface area contributed by atoms with Crippen LogP contribution in [0, 0.1) is 0 Å². The molecular formula is C20H18BrN3O2. The van der Waals surface area contributed by atoms with Gasteiger partial charge in [0.2, 0.25) is 5.95 Å². The monoisotopic (exact) mass is 411 g/mol. The summed E-state index contributed by atoms with van der Waals surface area (Å²) in [6.45, 7) is 4.04. The van der Waals surface area contributed by atoms with Gasteiger partial charge >= 0.3 is 5.97 Å². The summed E-state index contributed by atoms with van der Waals surface area (Å²) in [4.78, 5) is 17.5. The zero-order valence-electron chi connectivity index (χ0n) is 14.5. The fourth-order valence-electron chi connectivity index (χ4n) is 3.43. The van der Waals surface area contributed by atoms with E-state index in [9.17, 15) is 4.79 Å². The number of para-hydroxylation sites is 2. The van der Waals surface area contributed by atoms with E-state index in [1.165, 1.54) is 0 Å². The number of carbonyl (C=O) groups is 1. The van der Waals surface area contributed by atoms with E-state index in [4.69, 9.17) is 9.72 Å². The molecule has 6 heteroatoms. The summed E-state index contributed by atoms with van der Waals surface area (Å²) in [7, 11) is 0. The molecule has 0 bridgehead atoms. The quantitative estimate of drug-likeness (QED) is 0.637. The highest BCUT2D eigenvalue weighted by Gasteiger charge is 2.34. The Kier molecular flexibility index (Phi) is 4.28. The Morgan fingerprint density at radius 1 is 1.27 bits per heavy atom. The number of benzene rings is 2. The van der Waals surface area contributed by atoms with Gasteiger partial charge in [0.25, 0.3) is 0 Å². The molecule has 0 saturated carbocycles. The number of nitrogens with zero attached hydrogens (tertiary/aromatic N) is 2. The number of esters is 1. The fourth-order valence-corrected chi connectivity index (χ4v) is 3.85. The summed E-state index contributed by atoms with van der Waals surface area (Å²) in [6.07, 6.45) is 0. The number of carbonyl (C=O) groups excluding carboxylic acids is 1. The van der Waals surface area contributed by atoms with Gasteiger partial charge in [0.05, 0.1) is 29.3 Å². The molecule has 1 aliphatic heterocycles. The first kappa shape index (κ1) is 16.8. The first-order valence-corrected chi connectivity index (χ1v) is 9.26. The number of hydrogen-bond donors (Lipinski definition) is 1. The van der Waals surface area contributed by atoms with E-state index in [0.717, 1.165) is 32.7 Å². The molecule has 0 unspecified atom stereocenters. The predicted molar refractivity (Wildman–Crippen MR) is 105 cm³/mol. The van der Waals surface area contributed by atoms with Crippen molar-refractivity contribution in [2.75, 3.05) is 11.9 Å². The zero-order valence-corrected chi connectivity index (χ0v) is 16.1. The third kappa shape index (κ3) is 2.70. The molecule has 2 heterocycles. The number of rotatable bonds is 3. The molecule has 0 spiro atoms. The predicted octanol–water partition coefficient (Wildman–Crippen LogP) is 4.65. The van der Waals surface area contributed by atoms with E-state index in [-0.39, 0.29) is 12.0 Å². The number of fused-ring (bicyclic) bond motifs is 3. The molecule has 0 fully saturated rings. The molecular weight excluding hydrogens is 394 g/mol. The van der Waals surface area contributed by atoms with Crippen molar-refractivity contribution in [2.45, 2.75) is 19.9 Å². The molecule has 1 aromatic heterocycles. The van der Waals surface area contributed by atoms with Crippen LogP contribution in [0.4, 0.5) is 5.95 Å². The zero-order chi connectivity index (χ0) is 18.3. The largest absolute Gasteiger partial charge is 0.463 e. The second-order valence-corrected chi connectivity index (χ2v) is 7.05. The van der Waals surface area contributed by atoms with Crippen LogP contribution in [0.15, 0.2) is 64.3 Å². The van der Waals surface area contributed by atoms with Gasteiger partial charge in [-0.1, -0.05) is 40.2 Å². The molecule has 4 rings (SSSR count). The van der Waals surface area contributed by atoms with E-state index < -0.39 is 0 Å². The molecule has 5 nitrogen and oxygen atoms in total. The van der Waals surface area contributed by atoms with Gasteiger partial charge in [0.15, 0.2) is 0 Å². The van der Waals surface area contributed by atoms with E-state index >= 15 is 0 Å². The van der Waals surface area contributed by atoms with Crippen LogP contribution in [0.2, 0.25) is 0 Å². The van der Waals surface area contributed by atoms with Gasteiger partial charge in [-0.3, -0.25) is 4.57 Å². The summed E-state index contributed by atoms with van der Waals surface area (Å²) in [5, 5.41) is 3.27. The number of halogens is 1. The molecule has 26 heavy (non-hydrogen) atoms. The number of ether oxygens (including phenoxy) is 1. The lowest BCUT2D eigenvalue weighted by Gasteiger charge is -2.30.